The summed E-state index contributed by atoms with van der Waals surface area (Å²) in [5.41, 5.74) is 0. The molecule has 3 rings (SSSR count). The summed E-state index contributed by atoms with van der Waals surface area (Å²) in [5.74, 6) is -0.275. The van der Waals surface area contributed by atoms with Crippen LogP contribution in [0.25, 0.3) is 0 Å². The monoisotopic (exact) mass is 1300 g/mol. The number of rotatable bonds is 55. The Kier molecular flexibility index (Phi) is 48.7. The van der Waals surface area contributed by atoms with Gasteiger partial charge in [-0.2, -0.15) is 0 Å². The third kappa shape index (κ3) is 35.4. The molecule has 0 aromatic rings. The predicted molar refractivity (Wildman–Crippen MR) is 355 cm³/mol. The summed E-state index contributed by atoms with van der Waals surface area (Å²) in [7, 11) is 0. The number of hydrogen-bond acceptors (Lipinski definition) is 18. The molecule has 3 saturated heterocycles. The van der Waals surface area contributed by atoms with Gasteiger partial charge in [-0.15, -0.1) is 0 Å². The largest absolute Gasteiger partial charge is 0.394 e. The van der Waals surface area contributed by atoms with Crippen LogP contribution in [-0.4, -0.2) is 193 Å². The van der Waals surface area contributed by atoms with E-state index < -0.39 is 124 Å². The normalized spacial score (nSPS) is 28.2. The molecule has 0 saturated carbocycles. The van der Waals surface area contributed by atoms with Gasteiger partial charge in [0, 0.05) is 6.42 Å². The number of ether oxygens (including phenoxy) is 6. The smallest absolute Gasteiger partial charge is 0.220 e. The van der Waals surface area contributed by atoms with E-state index in [2.05, 4.69) is 67.8 Å². The van der Waals surface area contributed by atoms with Crippen molar-refractivity contribution in [3.8, 4) is 0 Å². The number of aliphatic hydroxyl groups is 11. The molecule has 3 heterocycles. The predicted octanol–water partition coefficient (Wildman–Crippen LogP) is 9.94. The highest BCUT2D eigenvalue weighted by Gasteiger charge is 2.53. The van der Waals surface area contributed by atoms with Gasteiger partial charge in [0.05, 0.1) is 38.6 Å². The molecule has 19 nitrogen and oxygen atoms in total. The maximum absolute atomic E-state index is 13.4. The maximum Gasteiger partial charge on any atom is 0.220 e. The van der Waals surface area contributed by atoms with Crippen molar-refractivity contribution >= 4 is 5.91 Å². The minimum atomic E-state index is -1.98. The number of nitrogens with one attached hydrogen (secondary N) is 1. The summed E-state index contributed by atoms with van der Waals surface area (Å²) in [5, 5.41) is 120. The Morgan fingerprint density at radius 2 is 0.758 bits per heavy atom. The van der Waals surface area contributed by atoms with Gasteiger partial charge in [0.25, 0.3) is 0 Å². The molecule has 91 heavy (non-hydrogen) atoms. The van der Waals surface area contributed by atoms with E-state index in [4.69, 9.17) is 28.4 Å². The quantitative estimate of drug-likeness (QED) is 0.0199. The highest BCUT2D eigenvalue weighted by Crippen LogP contribution is 2.33. The fourth-order valence-corrected chi connectivity index (χ4v) is 12.0. The van der Waals surface area contributed by atoms with Gasteiger partial charge in [0.1, 0.15) is 73.2 Å². The molecule has 0 aromatic heterocycles. The van der Waals surface area contributed by atoms with Crippen molar-refractivity contribution < 1.29 is 89.4 Å². The summed E-state index contributed by atoms with van der Waals surface area (Å²) >= 11 is 0. The lowest BCUT2D eigenvalue weighted by Crippen LogP contribution is -2.66. The van der Waals surface area contributed by atoms with E-state index in [0.29, 0.717) is 6.42 Å². The van der Waals surface area contributed by atoms with E-state index in [-0.39, 0.29) is 18.9 Å². The van der Waals surface area contributed by atoms with E-state index in [0.717, 1.165) is 70.6 Å². The van der Waals surface area contributed by atoms with Gasteiger partial charge in [-0.25, -0.2) is 0 Å². The first-order valence-corrected chi connectivity index (χ1v) is 36.0. The first-order chi connectivity index (χ1) is 44.3. The van der Waals surface area contributed by atoms with Crippen LogP contribution in [0, 0.1) is 0 Å². The number of unbranched alkanes of at least 4 members (excludes halogenated alkanes) is 31. The molecule has 0 spiro atoms. The number of hydrogen-bond donors (Lipinski definition) is 12. The van der Waals surface area contributed by atoms with Gasteiger partial charge in [0.15, 0.2) is 18.9 Å². The third-order valence-electron chi connectivity index (χ3n) is 17.8. The van der Waals surface area contributed by atoms with Crippen LogP contribution in [0.3, 0.4) is 0 Å². The number of carbonyl (C=O) groups excluding carboxylic acids is 1. The zero-order valence-corrected chi connectivity index (χ0v) is 56.1. The van der Waals surface area contributed by atoms with Crippen molar-refractivity contribution in [2.45, 2.75) is 362 Å². The third-order valence-corrected chi connectivity index (χ3v) is 17.8. The van der Waals surface area contributed by atoms with Crippen molar-refractivity contribution in [2.75, 3.05) is 26.4 Å². The molecular formula is C72H129NO18. The van der Waals surface area contributed by atoms with Gasteiger partial charge in [-0.05, 0) is 57.8 Å². The molecule has 0 radical (unpaired) electrons. The first-order valence-electron chi connectivity index (χ1n) is 36.0. The topological polar surface area (TPSA) is 307 Å². The van der Waals surface area contributed by atoms with Crippen LogP contribution in [0.15, 0.2) is 60.8 Å². The van der Waals surface area contributed by atoms with Crippen molar-refractivity contribution in [3.05, 3.63) is 60.8 Å². The summed E-state index contributed by atoms with van der Waals surface area (Å²) in [6.07, 6.45) is 39.5. The van der Waals surface area contributed by atoms with Gasteiger partial charge >= 0.3 is 0 Å². The SMILES string of the molecule is CC/C=C\C/C=C\C/C=C\C/C=C\CCCCCCCCCCCCCCCCCCCCCCCCC(=O)NC(COC1OC(CO)C(OC2OC(CO)C(OC3OC(CO)C(O)C(O)C3O)C(O)C2O)C(O)C1O)C(O)/C=C/CCCCCCCCCCC. The first kappa shape index (κ1) is 82.7. The maximum atomic E-state index is 13.4. The van der Waals surface area contributed by atoms with E-state index in [1.54, 1.807) is 6.08 Å². The highest BCUT2D eigenvalue weighted by molar-refractivity contribution is 5.76. The summed E-state index contributed by atoms with van der Waals surface area (Å²) < 4.78 is 34.3. The molecule has 19 heteroatoms. The molecule has 530 valence electrons. The van der Waals surface area contributed by atoms with Gasteiger partial charge in [0.2, 0.25) is 5.91 Å². The lowest BCUT2D eigenvalue weighted by Gasteiger charge is -2.48. The molecule has 17 unspecified atom stereocenters. The Morgan fingerprint density at radius 3 is 1.19 bits per heavy atom. The second-order valence-corrected chi connectivity index (χ2v) is 25.7. The molecule has 3 aliphatic rings. The number of amides is 1. The van der Waals surface area contributed by atoms with Crippen LogP contribution in [0.4, 0.5) is 0 Å². The zero-order valence-electron chi connectivity index (χ0n) is 56.1. The van der Waals surface area contributed by atoms with Crippen LogP contribution in [0.1, 0.15) is 258 Å². The second kappa shape index (κ2) is 53.6. The Bertz CT molecular complexity index is 1890. The Hall–Kier alpha value is -2.51. The van der Waals surface area contributed by atoms with Crippen molar-refractivity contribution in [2.24, 2.45) is 0 Å². The van der Waals surface area contributed by atoms with Crippen LogP contribution in [0.5, 0.6) is 0 Å². The molecular weight excluding hydrogens is 1170 g/mol. The van der Waals surface area contributed by atoms with Crippen LogP contribution in [-0.2, 0) is 33.2 Å². The molecule has 12 N–H and O–H groups in total. The molecule has 17 atom stereocenters. The number of aliphatic hydroxyl groups excluding tert-OH is 11. The average Bonchev–Trinajstić information content (AvgIpc) is 1.05. The Labute approximate surface area is 547 Å². The molecule has 3 fully saturated rings. The Balaban J connectivity index is 1.31. The fourth-order valence-electron chi connectivity index (χ4n) is 12.0. The average molecular weight is 1300 g/mol. The van der Waals surface area contributed by atoms with E-state index in [1.165, 1.54) is 161 Å². The lowest BCUT2D eigenvalue weighted by atomic mass is 9.96. The van der Waals surface area contributed by atoms with Gasteiger partial charge in [-0.1, -0.05) is 254 Å². The number of carbonyl (C=O) groups is 1. The minimum Gasteiger partial charge on any atom is -0.394 e. The molecule has 0 aromatic carbocycles. The molecule has 3 aliphatic heterocycles. The summed E-state index contributed by atoms with van der Waals surface area (Å²) in [6.45, 7) is 1.61. The Morgan fingerprint density at radius 1 is 0.407 bits per heavy atom. The van der Waals surface area contributed by atoms with Crippen molar-refractivity contribution in [1.29, 1.82) is 0 Å². The second-order valence-electron chi connectivity index (χ2n) is 25.7. The number of allylic oxidation sites excluding steroid dienone is 9. The van der Waals surface area contributed by atoms with Gasteiger partial charge < -0.3 is 89.9 Å². The molecule has 0 aliphatic carbocycles. The van der Waals surface area contributed by atoms with Gasteiger partial charge in [-0.3, -0.25) is 4.79 Å². The van der Waals surface area contributed by atoms with Crippen LogP contribution < -0.4 is 5.32 Å². The zero-order chi connectivity index (χ0) is 66.1. The standard InChI is InChI=1S/C72H129NO18/c1-3-5-7-9-11-13-15-16-17-18-19-20-21-22-23-24-25-26-27-28-29-30-31-32-33-34-35-36-37-38-40-42-44-46-48-50-60(78)73-55(56(77)49-47-45-43-41-39-14-12-10-8-6-4-2)54-86-70-66(84)63(81)68(58(52-75)88-70)91-72-67(85)64(82)69(59(53-76)89-72)90-71-65(83)62(80)61(79)57(51-74)87-71/h5,7,11,13,16-17,19-20,47,49,55-59,61-72,74-77,79-85H,3-4,6,8-10,12,14-15,18,21-46,48,50-54H2,1-2H3,(H,73,78)/b7-5-,13-11-,17-16-,20-19-,49-47+. The summed E-state index contributed by atoms with van der Waals surface area (Å²) in [6, 6.07) is -0.971. The molecule has 1 amide bonds. The van der Waals surface area contributed by atoms with Crippen molar-refractivity contribution in [1.82, 2.24) is 5.32 Å². The van der Waals surface area contributed by atoms with Crippen LogP contribution >= 0.6 is 0 Å². The van der Waals surface area contributed by atoms with E-state index >= 15 is 0 Å². The van der Waals surface area contributed by atoms with E-state index in [9.17, 15) is 61.0 Å². The summed E-state index contributed by atoms with van der Waals surface area (Å²) in [4.78, 5) is 13.4. The molecule has 0 bridgehead atoms. The van der Waals surface area contributed by atoms with E-state index in [1.807, 2.05) is 6.08 Å². The minimum absolute atomic E-state index is 0.245. The fraction of sp³-hybridized carbons (Fsp3) is 0.847. The highest BCUT2D eigenvalue weighted by atomic mass is 16.8. The van der Waals surface area contributed by atoms with Crippen molar-refractivity contribution in [3.63, 3.8) is 0 Å². The lowest BCUT2D eigenvalue weighted by molar-refractivity contribution is -0.379. The van der Waals surface area contributed by atoms with Crippen LogP contribution in [0.2, 0.25) is 0 Å².